The molecule has 1 aromatic carbocycles. The second-order valence-corrected chi connectivity index (χ2v) is 5.69. The van der Waals surface area contributed by atoms with Crippen molar-refractivity contribution in [2.75, 3.05) is 27.2 Å². The molecule has 0 saturated heterocycles. The van der Waals surface area contributed by atoms with Gasteiger partial charge in [0.15, 0.2) is 0 Å². The van der Waals surface area contributed by atoms with Gasteiger partial charge in [-0.05, 0) is 39.2 Å². The average molecular weight is 274 g/mol. The van der Waals surface area contributed by atoms with Gasteiger partial charge in [-0.3, -0.25) is 0 Å². The first kappa shape index (κ1) is 15.0. The van der Waals surface area contributed by atoms with Crippen LogP contribution in [0.4, 0.5) is 0 Å². The van der Waals surface area contributed by atoms with Crippen molar-refractivity contribution in [2.24, 2.45) is 7.05 Å². The van der Waals surface area contributed by atoms with Gasteiger partial charge in [-0.1, -0.05) is 19.1 Å². The van der Waals surface area contributed by atoms with E-state index < -0.39 is 0 Å². The Kier molecular flexibility index (Phi) is 5.15. The molecule has 0 radical (unpaired) electrons. The molecule has 1 heterocycles. The van der Waals surface area contributed by atoms with Crippen molar-refractivity contribution in [1.29, 1.82) is 0 Å². The van der Waals surface area contributed by atoms with E-state index in [9.17, 15) is 0 Å². The van der Waals surface area contributed by atoms with Gasteiger partial charge < -0.3 is 14.8 Å². The second kappa shape index (κ2) is 6.86. The SMILES string of the molecule is CCCNC(Cc1nc2ccccc2n1C)CN(C)C. The molecule has 0 aliphatic rings. The van der Waals surface area contributed by atoms with Crippen LogP contribution in [0.5, 0.6) is 0 Å². The molecule has 0 fully saturated rings. The van der Waals surface area contributed by atoms with Crippen molar-refractivity contribution in [3.05, 3.63) is 30.1 Å². The number of nitrogens with zero attached hydrogens (tertiary/aromatic N) is 3. The molecule has 4 heteroatoms. The molecule has 1 atom stereocenters. The molecule has 0 amide bonds. The van der Waals surface area contributed by atoms with E-state index in [0.717, 1.165) is 37.3 Å². The van der Waals surface area contributed by atoms with Crippen LogP contribution in [-0.4, -0.2) is 47.7 Å². The Labute approximate surface area is 121 Å². The molecule has 0 spiro atoms. The lowest BCUT2D eigenvalue weighted by atomic mass is 10.2. The number of rotatable bonds is 7. The number of benzene rings is 1. The van der Waals surface area contributed by atoms with Gasteiger partial charge in [0.25, 0.3) is 0 Å². The normalized spacial score (nSPS) is 13.2. The Morgan fingerprint density at radius 2 is 2.05 bits per heavy atom. The molecular weight excluding hydrogens is 248 g/mol. The van der Waals surface area contributed by atoms with Crippen LogP contribution in [0, 0.1) is 0 Å². The molecular formula is C16H26N4. The highest BCUT2D eigenvalue weighted by molar-refractivity contribution is 5.75. The van der Waals surface area contributed by atoms with Crippen LogP contribution in [0.2, 0.25) is 0 Å². The standard InChI is InChI=1S/C16H26N4/c1-5-10-17-13(12-19(2)3)11-16-18-14-8-6-7-9-15(14)20(16)4/h6-9,13,17H,5,10-12H2,1-4H3. The molecule has 2 rings (SSSR count). The first-order valence-corrected chi connectivity index (χ1v) is 7.40. The summed E-state index contributed by atoms with van der Waals surface area (Å²) in [5, 5.41) is 3.63. The van der Waals surface area contributed by atoms with Crippen molar-refractivity contribution < 1.29 is 0 Å². The van der Waals surface area contributed by atoms with Crippen LogP contribution in [0.3, 0.4) is 0 Å². The smallest absolute Gasteiger partial charge is 0.111 e. The van der Waals surface area contributed by atoms with Crippen molar-refractivity contribution in [1.82, 2.24) is 19.8 Å². The van der Waals surface area contributed by atoms with Crippen molar-refractivity contribution in [2.45, 2.75) is 25.8 Å². The van der Waals surface area contributed by atoms with E-state index in [0.29, 0.717) is 6.04 Å². The molecule has 4 nitrogen and oxygen atoms in total. The van der Waals surface area contributed by atoms with Crippen LogP contribution in [0.1, 0.15) is 19.2 Å². The maximum absolute atomic E-state index is 4.77. The largest absolute Gasteiger partial charge is 0.331 e. The van der Waals surface area contributed by atoms with E-state index in [-0.39, 0.29) is 0 Å². The van der Waals surface area contributed by atoms with Gasteiger partial charge in [-0.2, -0.15) is 0 Å². The predicted octanol–water partition coefficient (Wildman–Crippen LogP) is 2.05. The molecule has 0 bridgehead atoms. The minimum Gasteiger partial charge on any atom is -0.331 e. The molecule has 0 aliphatic carbocycles. The topological polar surface area (TPSA) is 33.1 Å². The minimum atomic E-state index is 0.445. The summed E-state index contributed by atoms with van der Waals surface area (Å²) in [7, 11) is 6.35. The van der Waals surface area contributed by atoms with Gasteiger partial charge in [0.1, 0.15) is 5.82 Å². The number of hydrogen-bond acceptors (Lipinski definition) is 3. The van der Waals surface area contributed by atoms with Crippen LogP contribution < -0.4 is 5.32 Å². The summed E-state index contributed by atoms with van der Waals surface area (Å²) in [5.41, 5.74) is 2.30. The summed E-state index contributed by atoms with van der Waals surface area (Å²) in [6, 6.07) is 8.78. The first-order chi connectivity index (χ1) is 9.61. The van der Waals surface area contributed by atoms with E-state index >= 15 is 0 Å². The van der Waals surface area contributed by atoms with Crippen LogP contribution in [-0.2, 0) is 13.5 Å². The summed E-state index contributed by atoms with van der Waals surface area (Å²) in [6.45, 7) is 4.29. The predicted molar refractivity (Wildman–Crippen MR) is 85.1 cm³/mol. The molecule has 1 aromatic heterocycles. The Balaban J connectivity index is 2.16. The zero-order valence-electron chi connectivity index (χ0n) is 13.1. The summed E-state index contributed by atoms with van der Waals surface area (Å²) < 4.78 is 2.21. The zero-order chi connectivity index (χ0) is 14.5. The Morgan fingerprint density at radius 1 is 1.30 bits per heavy atom. The van der Waals surface area contributed by atoms with Crippen molar-refractivity contribution >= 4 is 11.0 Å². The quantitative estimate of drug-likeness (QED) is 0.839. The van der Waals surface area contributed by atoms with Crippen molar-refractivity contribution in [3.8, 4) is 0 Å². The second-order valence-electron chi connectivity index (χ2n) is 5.69. The number of hydrogen-bond donors (Lipinski definition) is 1. The first-order valence-electron chi connectivity index (χ1n) is 7.40. The number of imidazole rings is 1. The number of nitrogens with one attached hydrogen (secondary N) is 1. The molecule has 1 unspecified atom stereocenters. The third-order valence-corrected chi connectivity index (χ3v) is 3.58. The fourth-order valence-corrected chi connectivity index (χ4v) is 2.59. The highest BCUT2D eigenvalue weighted by Crippen LogP contribution is 2.15. The van der Waals surface area contributed by atoms with Crippen molar-refractivity contribution in [3.63, 3.8) is 0 Å². The van der Waals surface area contributed by atoms with E-state index in [4.69, 9.17) is 4.98 Å². The average Bonchev–Trinajstić information content (AvgIpc) is 2.73. The highest BCUT2D eigenvalue weighted by atomic mass is 15.1. The third kappa shape index (κ3) is 3.58. The van der Waals surface area contributed by atoms with E-state index in [1.165, 1.54) is 5.52 Å². The van der Waals surface area contributed by atoms with Gasteiger partial charge in [0.2, 0.25) is 0 Å². The number of likely N-dealkylation sites (N-methyl/N-ethyl adjacent to an activating group) is 1. The molecule has 20 heavy (non-hydrogen) atoms. The number of aryl methyl sites for hydroxylation is 1. The van der Waals surface area contributed by atoms with Gasteiger partial charge in [0, 0.05) is 26.1 Å². The van der Waals surface area contributed by atoms with Crippen LogP contribution >= 0.6 is 0 Å². The Bertz CT molecular complexity index is 544. The van der Waals surface area contributed by atoms with Gasteiger partial charge in [-0.25, -0.2) is 4.98 Å². The number of para-hydroxylation sites is 2. The number of fused-ring (bicyclic) bond motifs is 1. The monoisotopic (exact) mass is 274 g/mol. The fraction of sp³-hybridized carbons (Fsp3) is 0.562. The maximum Gasteiger partial charge on any atom is 0.111 e. The summed E-state index contributed by atoms with van der Waals surface area (Å²) in [5.74, 6) is 1.15. The number of aromatic nitrogens is 2. The zero-order valence-corrected chi connectivity index (χ0v) is 13.1. The highest BCUT2D eigenvalue weighted by Gasteiger charge is 2.14. The minimum absolute atomic E-state index is 0.445. The maximum atomic E-state index is 4.77. The molecule has 2 aromatic rings. The lowest BCUT2D eigenvalue weighted by Gasteiger charge is -2.22. The lowest BCUT2D eigenvalue weighted by Crippen LogP contribution is -2.40. The third-order valence-electron chi connectivity index (χ3n) is 3.58. The molecule has 110 valence electrons. The van der Waals surface area contributed by atoms with Gasteiger partial charge >= 0.3 is 0 Å². The molecule has 0 aliphatic heterocycles. The van der Waals surface area contributed by atoms with Gasteiger partial charge in [-0.15, -0.1) is 0 Å². The van der Waals surface area contributed by atoms with Crippen LogP contribution in [0.15, 0.2) is 24.3 Å². The molecule has 0 saturated carbocycles. The van der Waals surface area contributed by atoms with E-state index in [1.807, 2.05) is 6.07 Å². The summed E-state index contributed by atoms with van der Waals surface area (Å²) in [4.78, 5) is 7.00. The summed E-state index contributed by atoms with van der Waals surface area (Å²) >= 11 is 0. The van der Waals surface area contributed by atoms with E-state index in [2.05, 4.69) is 61.0 Å². The lowest BCUT2D eigenvalue weighted by molar-refractivity contribution is 0.332. The van der Waals surface area contributed by atoms with Crippen LogP contribution in [0.25, 0.3) is 11.0 Å². The molecule has 1 N–H and O–H groups in total. The van der Waals surface area contributed by atoms with Gasteiger partial charge in [0.05, 0.1) is 11.0 Å². The Hall–Kier alpha value is -1.39. The Morgan fingerprint density at radius 3 is 2.70 bits per heavy atom. The van der Waals surface area contributed by atoms with E-state index in [1.54, 1.807) is 0 Å². The fourth-order valence-electron chi connectivity index (χ4n) is 2.59. The summed E-state index contributed by atoms with van der Waals surface area (Å²) in [6.07, 6.45) is 2.12.